The fraction of sp³-hybridized carbons (Fsp3) is 0.267. The van der Waals surface area contributed by atoms with Crippen LogP contribution in [0.4, 0.5) is 0 Å². The van der Waals surface area contributed by atoms with E-state index in [2.05, 4.69) is 23.2 Å². The largest absolute Gasteiger partial charge is 0.396 e. The smallest absolute Gasteiger partial charge is 0.296 e. The van der Waals surface area contributed by atoms with E-state index in [9.17, 15) is 4.79 Å². The highest BCUT2D eigenvalue weighted by atomic mass is 32.1. The lowest BCUT2D eigenvalue weighted by atomic mass is 10.3. The summed E-state index contributed by atoms with van der Waals surface area (Å²) >= 11 is 3.28. The Balaban J connectivity index is 1.88. The van der Waals surface area contributed by atoms with Crippen LogP contribution >= 0.6 is 22.7 Å². The molecule has 2 aromatic rings. The lowest BCUT2D eigenvalue weighted by Gasteiger charge is -1.97. The summed E-state index contributed by atoms with van der Waals surface area (Å²) in [6.45, 7) is 0.710. The van der Waals surface area contributed by atoms with E-state index in [0.29, 0.717) is 13.0 Å². The molecule has 2 N–H and O–H groups in total. The van der Waals surface area contributed by atoms with E-state index in [1.165, 1.54) is 9.75 Å². The molecule has 0 fully saturated rings. The number of carbonyl (C=O) groups is 1. The number of thiophene rings is 2. The molecular weight excluding hydrogens is 290 g/mol. The van der Waals surface area contributed by atoms with Crippen molar-refractivity contribution >= 4 is 28.6 Å². The Morgan fingerprint density at radius 2 is 2.15 bits per heavy atom. The van der Waals surface area contributed by atoms with Gasteiger partial charge in [-0.2, -0.15) is 0 Å². The van der Waals surface area contributed by atoms with Gasteiger partial charge >= 0.3 is 0 Å². The number of hydrogen-bond donors (Lipinski definition) is 2. The Morgan fingerprint density at radius 1 is 1.25 bits per heavy atom. The van der Waals surface area contributed by atoms with Gasteiger partial charge in [0, 0.05) is 28.8 Å². The van der Waals surface area contributed by atoms with E-state index in [1.54, 1.807) is 22.7 Å². The molecule has 0 spiro atoms. The number of nitrogens with one attached hydrogen (secondary N) is 1. The van der Waals surface area contributed by atoms with Crippen LogP contribution in [0.3, 0.4) is 0 Å². The molecule has 5 heteroatoms. The number of carbonyl (C=O) groups excluding carboxylic acids is 1. The minimum Gasteiger partial charge on any atom is -0.396 e. The van der Waals surface area contributed by atoms with E-state index in [4.69, 9.17) is 5.11 Å². The highest BCUT2D eigenvalue weighted by Crippen LogP contribution is 2.30. The first-order valence-electron chi connectivity index (χ1n) is 6.34. The summed E-state index contributed by atoms with van der Waals surface area (Å²) in [6, 6.07) is 8.05. The SMILES string of the molecule is O=C(C#Cc1ccc(-c2cccs2)s1)NCCCCO. The van der Waals surface area contributed by atoms with Crippen molar-refractivity contribution in [1.82, 2.24) is 5.32 Å². The summed E-state index contributed by atoms with van der Waals surface area (Å²) in [5.41, 5.74) is 0. The fourth-order valence-corrected chi connectivity index (χ4v) is 3.25. The molecule has 0 bridgehead atoms. The molecule has 0 aliphatic carbocycles. The van der Waals surface area contributed by atoms with Crippen LogP contribution < -0.4 is 5.32 Å². The molecule has 3 nitrogen and oxygen atoms in total. The molecule has 2 aromatic heterocycles. The van der Waals surface area contributed by atoms with Crippen LogP contribution in [0.15, 0.2) is 29.6 Å². The van der Waals surface area contributed by atoms with Gasteiger partial charge in [-0.15, -0.1) is 22.7 Å². The summed E-state index contributed by atoms with van der Waals surface area (Å²) in [5, 5.41) is 13.4. The Hall–Kier alpha value is -1.61. The predicted octanol–water partition coefficient (Wildman–Crippen LogP) is 2.72. The van der Waals surface area contributed by atoms with E-state index in [1.807, 2.05) is 23.6 Å². The van der Waals surface area contributed by atoms with Gasteiger partial charge in [0.25, 0.3) is 5.91 Å². The third-order valence-electron chi connectivity index (χ3n) is 2.54. The summed E-state index contributed by atoms with van der Waals surface area (Å²) in [7, 11) is 0. The van der Waals surface area contributed by atoms with Crippen LogP contribution in [0.1, 0.15) is 17.7 Å². The average molecular weight is 305 g/mol. The van der Waals surface area contributed by atoms with Crippen LogP contribution in [0.25, 0.3) is 9.75 Å². The molecule has 2 rings (SSSR count). The van der Waals surface area contributed by atoms with Crippen LogP contribution in [-0.2, 0) is 4.79 Å². The summed E-state index contributed by atoms with van der Waals surface area (Å²) in [5.74, 6) is 5.20. The van der Waals surface area contributed by atoms with E-state index in [-0.39, 0.29) is 12.5 Å². The Morgan fingerprint density at radius 3 is 2.90 bits per heavy atom. The predicted molar refractivity (Wildman–Crippen MR) is 83.8 cm³/mol. The van der Waals surface area contributed by atoms with Crippen molar-refractivity contribution in [2.75, 3.05) is 13.2 Å². The van der Waals surface area contributed by atoms with Gasteiger partial charge in [-0.3, -0.25) is 4.79 Å². The van der Waals surface area contributed by atoms with Crippen molar-refractivity contribution in [2.24, 2.45) is 0 Å². The highest BCUT2D eigenvalue weighted by molar-refractivity contribution is 7.21. The maximum atomic E-state index is 11.5. The maximum absolute atomic E-state index is 11.5. The molecule has 0 aliphatic rings. The lowest BCUT2D eigenvalue weighted by Crippen LogP contribution is -2.22. The Labute approximate surface area is 126 Å². The molecule has 2 heterocycles. The molecule has 20 heavy (non-hydrogen) atoms. The lowest BCUT2D eigenvalue weighted by molar-refractivity contribution is -0.115. The van der Waals surface area contributed by atoms with Crippen LogP contribution in [0.2, 0.25) is 0 Å². The fourth-order valence-electron chi connectivity index (χ4n) is 1.56. The van der Waals surface area contributed by atoms with Crippen LogP contribution in [0, 0.1) is 11.8 Å². The molecule has 0 saturated carbocycles. The molecule has 0 radical (unpaired) electrons. The Bertz CT molecular complexity index is 605. The zero-order chi connectivity index (χ0) is 14.2. The standard InChI is InChI=1S/C15H15NO2S2/c17-10-2-1-9-16-15(18)8-6-12-5-7-14(20-12)13-4-3-11-19-13/h3-5,7,11,17H,1-2,9-10H2,(H,16,18). The van der Waals surface area contributed by atoms with Crippen molar-refractivity contribution in [1.29, 1.82) is 0 Å². The zero-order valence-electron chi connectivity index (χ0n) is 10.9. The third kappa shape index (κ3) is 4.49. The van der Waals surface area contributed by atoms with Crippen molar-refractivity contribution in [3.05, 3.63) is 34.5 Å². The van der Waals surface area contributed by atoms with Gasteiger partial charge in [-0.05, 0) is 42.3 Å². The van der Waals surface area contributed by atoms with Gasteiger partial charge in [0.1, 0.15) is 0 Å². The topological polar surface area (TPSA) is 49.3 Å². The van der Waals surface area contributed by atoms with Crippen molar-refractivity contribution in [3.63, 3.8) is 0 Å². The summed E-state index contributed by atoms with van der Waals surface area (Å²) in [4.78, 5) is 14.8. The molecule has 0 aliphatic heterocycles. The zero-order valence-corrected chi connectivity index (χ0v) is 12.5. The number of unbranched alkanes of at least 4 members (excludes halogenated alkanes) is 1. The minimum atomic E-state index is -0.269. The molecular formula is C15H15NO2S2. The Kier molecular flexibility index (Phi) is 5.81. The minimum absolute atomic E-state index is 0.155. The van der Waals surface area contributed by atoms with Gasteiger partial charge in [0.2, 0.25) is 0 Å². The average Bonchev–Trinajstić information content (AvgIpc) is 3.11. The number of amides is 1. The third-order valence-corrected chi connectivity index (χ3v) is 4.61. The van der Waals surface area contributed by atoms with Gasteiger partial charge < -0.3 is 10.4 Å². The quantitative estimate of drug-likeness (QED) is 0.659. The molecule has 104 valence electrons. The molecule has 1 amide bonds. The summed E-state index contributed by atoms with van der Waals surface area (Å²) in [6.07, 6.45) is 1.47. The maximum Gasteiger partial charge on any atom is 0.296 e. The number of aliphatic hydroxyl groups is 1. The molecule has 0 unspecified atom stereocenters. The molecule has 0 aromatic carbocycles. The number of hydrogen-bond acceptors (Lipinski definition) is 4. The van der Waals surface area contributed by atoms with E-state index >= 15 is 0 Å². The van der Waals surface area contributed by atoms with Crippen molar-refractivity contribution in [3.8, 4) is 21.6 Å². The molecule has 0 saturated heterocycles. The second-order valence-corrected chi connectivity index (χ2v) is 6.11. The number of aliphatic hydroxyl groups excluding tert-OH is 1. The molecule has 0 atom stereocenters. The second-order valence-electron chi connectivity index (χ2n) is 4.08. The first-order valence-corrected chi connectivity index (χ1v) is 8.03. The number of rotatable bonds is 5. The first-order chi connectivity index (χ1) is 9.79. The summed E-state index contributed by atoms with van der Waals surface area (Å²) < 4.78 is 0. The highest BCUT2D eigenvalue weighted by Gasteiger charge is 2.02. The monoisotopic (exact) mass is 305 g/mol. The van der Waals surface area contributed by atoms with Gasteiger partial charge in [-0.25, -0.2) is 0 Å². The van der Waals surface area contributed by atoms with E-state index < -0.39 is 0 Å². The van der Waals surface area contributed by atoms with E-state index in [0.717, 1.165) is 11.3 Å². The van der Waals surface area contributed by atoms with Crippen LogP contribution in [-0.4, -0.2) is 24.2 Å². The normalized spacial score (nSPS) is 9.85. The van der Waals surface area contributed by atoms with Gasteiger partial charge in [0.15, 0.2) is 0 Å². The van der Waals surface area contributed by atoms with Gasteiger partial charge in [-0.1, -0.05) is 6.07 Å². The second kappa shape index (κ2) is 7.85. The van der Waals surface area contributed by atoms with Crippen molar-refractivity contribution in [2.45, 2.75) is 12.8 Å². The first kappa shape index (κ1) is 14.8. The van der Waals surface area contributed by atoms with Crippen LogP contribution in [0.5, 0.6) is 0 Å². The van der Waals surface area contributed by atoms with Gasteiger partial charge in [0.05, 0.1) is 4.88 Å². The van der Waals surface area contributed by atoms with Crippen molar-refractivity contribution < 1.29 is 9.90 Å².